The van der Waals surface area contributed by atoms with Crippen molar-refractivity contribution in [2.45, 2.75) is 58.3 Å². The van der Waals surface area contributed by atoms with Gasteiger partial charge in [-0.3, -0.25) is 4.79 Å². The molecule has 0 aromatic heterocycles. The molecule has 0 aliphatic carbocycles. The summed E-state index contributed by atoms with van der Waals surface area (Å²) in [4.78, 5) is 13.0. The van der Waals surface area contributed by atoms with Crippen molar-refractivity contribution in [1.82, 2.24) is 5.32 Å². The van der Waals surface area contributed by atoms with Gasteiger partial charge in [0.25, 0.3) is 5.91 Å². The molecule has 1 amide bonds. The highest BCUT2D eigenvalue weighted by atomic mass is 16.5. The van der Waals surface area contributed by atoms with E-state index in [9.17, 15) is 4.79 Å². The first-order valence-corrected chi connectivity index (χ1v) is 9.72. The average molecular weight is 383 g/mol. The number of aryl methyl sites for hydroxylation is 1. The van der Waals surface area contributed by atoms with Crippen LogP contribution in [-0.2, 0) is 4.79 Å². The van der Waals surface area contributed by atoms with Crippen LogP contribution in [-0.4, -0.2) is 24.7 Å². The van der Waals surface area contributed by atoms with E-state index >= 15 is 0 Å². The molecule has 5 heteroatoms. The number of carbonyl (C=O) groups is 1. The van der Waals surface area contributed by atoms with E-state index in [0.717, 1.165) is 22.6 Å². The molecule has 0 radical (unpaired) electrons. The fourth-order valence-corrected chi connectivity index (χ4v) is 3.53. The molecule has 3 rings (SSSR count). The van der Waals surface area contributed by atoms with Crippen LogP contribution in [0.4, 0.5) is 0 Å². The van der Waals surface area contributed by atoms with Gasteiger partial charge in [0.05, 0.1) is 13.2 Å². The minimum Gasteiger partial charge on any atom is -0.497 e. The van der Waals surface area contributed by atoms with Crippen molar-refractivity contribution in [3.63, 3.8) is 0 Å². The molecule has 5 nitrogen and oxygen atoms in total. The Morgan fingerprint density at radius 1 is 1.25 bits per heavy atom. The number of benzene rings is 2. The van der Waals surface area contributed by atoms with E-state index in [-0.39, 0.29) is 11.9 Å². The minimum atomic E-state index is -0.547. The second-order valence-corrected chi connectivity index (χ2v) is 7.86. The van der Waals surface area contributed by atoms with Crippen LogP contribution in [0.1, 0.15) is 50.8 Å². The van der Waals surface area contributed by atoms with Crippen molar-refractivity contribution >= 4 is 5.91 Å². The first kappa shape index (κ1) is 20.1. The van der Waals surface area contributed by atoms with Crippen LogP contribution < -0.4 is 19.5 Å². The van der Waals surface area contributed by atoms with Gasteiger partial charge in [-0.15, -0.1) is 0 Å². The average Bonchev–Trinajstić information content (AvgIpc) is 2.64. The van der Waals surface area contributed by atoms with Crippen LogP contribution in [0.3, 0.4) is 0 Å². The van der Waals surface area contributed by atoms with Gasteiger partial charge in [0, 0.05) is 18.1 Å². The molecule has 0 saturated carbocycles. The Morgan fingerprint density at radius 3 is 2.71 bits per heavy atom. The van der Waals surface area contributed by atoms with Gasteiger partial charge >= 0.3 is 0 Å². The lowest BCUT2D eigenvalue weighted by molar-refractivity contribution is -0.129. The lowest BCUT2D eigenvalue weighted by atomic mass is 9.89. The first-order valence-electron chi connectivity index (χ1n) is 9.72. The van der Waals surface area contributed by atoms with Crippen LogP contribution in [0.5, 0.6) is 17.2 Å². The summed E-state index contributed by atoms with van der Waals surface area (Å²) < 4.78 is 17.4. The molecule has 1 aliphatic heterocycles. The highest BCUT2D eigenvalue weighted by Crippen LogP contribution is 2.41. The van der Waals surface area contributed by atoms with E-state index < -0.39 is 11.7 Å². The lowest BCUT2D eigenvalue weighted by Gasteiger charge is -2.38. The largest absolute Gasteiger partial charge is 0.497 e. The number of methoxy groups -OCH3 is 1. The van der Waals surface area contributed by atoms with E-state index in [4.69, 9.17) is 14.2 Å². The van der Waals surface area contributed by atoms with Crippen molar-refractivity contribution in [2.24, 2.45) is 0 Å². The molecule has 150 valence electrons. The number of amides is 1. The fourth-order valence-electron chi connectivity index (χ4n) is 3.53. The van der Waals surface area contributed by atoms with Crippen LogP contribution >= 0.6 is 0 Å². The zero-order valence-corrected chi connectivity index (χ0v) is 17.2. The van der Waals surface area contributed by atoms with Gasteiger partial charge in [-0.25, -0.2) is 0 Å². The van der Waals surface area contributed by atoms with Crippen LogP contribution in [0.15, 0.2) is 42.5 Å². The number of hydrogen-bond acceptors (Lipinski definition) is 4. The van der Waals surface area contributed by atoms with Gasteiger partial charge in [0.15, 0.2) is 6.10 Å². The molecule has 28 heavy (non-hydrogen) atoms. The summed E-state index contributed by atoms with van der Waals surface area (Å²) in [6.45, 7) is 8.00. The van der Waals surface area contributed by atoms with Gasteiger partial charge in [0.2, 0.25) is 0 Å². The highest BCUT2D eigenvalue weighted by Gasteiger charge is 2.36. The molecule has 1 heterocycles. The normalized spacial score (nSPS) is 18.4. The number of carbonyl (C=O) groups excluding carboxylic acids is 1. The molecule has 0 saturated heterocycles. The fraction of sp³-hybridized carbons (Fsp3) is 0.435. The molecule has 2 aromatic rings. The number of fused-ring (bicyclic) bond motifs is 1. The lowest BCUT2D eigenvalue weighted by Crippen LogP contribution is -2.45. The van der Waals surface area contributed by atoms with Gasteiger partial charge in [-0.2, -0.15) is 0 Å². The Bertz CT molecular complexity index is 846. The molecule has 2 atom stereocenters. The van der Waals surface area contributed by atoms with E-state index in [0.29, 0.717) is 18.6 Å². The molecule has 2 unspecified atom stereocenters. The second kappa shape index (κ2) is 8.13. The third-order valence-corrected chi connectivity index (χ3v) is 4.93. The predicted octanol–water partition coefficient (Wildman–Crippen LogP) is 4.58. The number of nitrogens with one attached hydrogen (secondary N) is 1. The Labute approximate surface area is 167 Å². The first-order chi connectivity index (χ1) is 13.3. The van der Waals surface area contributed by atoms with Gasteiger partial charge < -0.3 is 19.5 Å². The van der Waals surface area contributed by atoms with E-state index in [1.54, 1.807) is 7.11 Å². The highest BCUT2D eigenvalue weighted by molar-refractivity contribution is 5.81. The Balaban J connectivity index is 1.78. The summed E-state index contributed by atoms with van der Waals surface area (Å²) in [6, 6.07) is 13.3. The molecule has 1 aliphatic rings. The zero-order chi connectivity index (χ0) is 20.3. The second-order valence-electron chi connectivity index (χ2n) is 7.86. The topological polar surface area (TPSA) is 56.8 Å². The number of rotatable bonds is 6. The van der Waals surface area contributed by atoms with Gasteiger partial charge in [-0.1, -0.05) is 19.1 Å². The predicted molar refractivity (Wildman–Crippen MR) is 109 cm³/mol. The number of hydrogen-bond donors (Lipinski definition) is 1. The summed E-state index contributed by atoms with van der Waals surface area (Å²) in [7, 11) is 1.63. The summed E-state index contributed by atoms with van der Waals surface area (Å²) in [5.74, 6) is 2.07. The van der Waals surface area contributed by atoms with Gasteiger partial charge in [-0.05, 0) is 57.0 Å². The Hall–Kier alpha value is -2.69. The van der Waals surface area contributed by atoms with Crippen molar-refractivity contribution in [2.75, 3.05) is 7.11 Å². The van der Waals surface area contributed by atoms with E-state index in [2.05, 4.69) is 5.32 Å². The monoisotopic (exact) mass is 383 g/mol. The molecular weight excluding hydrogens is 354 g/mol. The minimum absolute atomic E-state index is 0.117. The van der Waals surface area contributed by atoms with E-state index in [1.165, 1.54) is 0 Å². The molecule has 0 bridgehead atoms. The third kappa shape index (κ3) is 4.58. The summed E-state index contributed by atoms with van der Waals surface area (Å²) in [5.41, 5.74) is 1.66. The molecular formula is C23H29NO4. The quantitative estimate of drug-likeness (QED) is 0.793. The van der Waals surface area contributed by atoms with Crippen molar-refractivity contribution in [3.05, 3.63) is 53.6 Å². The molecule has 2 aromatic carbocycles. The van der Waals surface area contributed by atoms with Crippen molar-refractivity contribution < 1.29 is 19.0 Å². The maximum absolute atomic E-state index is 13.0. The standard InChI is InChI=1S/C23H29NO4/c1-6-20(27-17-9-7-8-15(2)12-17)22(25)24-19-14-23(3,4)28-21-13-16(26-5)10-11-18(19)21/h7-13,19-20H,6,14H2,1-5H3,(H,24,25). The summed E-state index contributed by atoms with van der Waals surface area (Å²) in [6.07, 6.45) is 0.718. The van der Waals surface area contributed by atoms with Crippen molar-refractivity contribution in [1.29, 1.82) is 0 Å². The Morgan fingerprint density at radius 2 is 2.04 bits per heavy atom. The Kier molecular flexibility index (Phi) is 5.82. The van der Waals surface area contributed by atoms with Crippen LogP contribution in [0.2, 0.25) is 0 Å². The number of ether oxygens (including phenoxy) is 3. The van der Waals surface area contributed by atoms with Crippen LogP contribution in [0.25, 0.3) is 0 Å². The zero-order valence-electron chi connectivity index (χ0n) is 17.2. The summed E-state index contributed by atoms with van der Waals surface area (Å²) in [5, 5.41) is 3.17. The maximum Gasteiger partial charge on any atom is 0.261 e. The molecule has 0 spiro atoms. The molecule has 1 N–H and O–H groups in total. The third-order valence-electron chi connectivity index (χ3n) is 4.93. The summed E-state index contributed by atoms with van der Waals surface area (Å²) >= 11 is 0. The van der Waals surface area contributed by atoms with Gasteiger partial charge in [0.1, 0.15) is 22.8 Å². The molecule has 0 fully saturated rings. The smallest absolute Gasteiger partial charge is 0.261 e. The van der Waals surface area contributed by atoms with Crippen LogP contribution in [0, 0.1) is 6.92 Å². The SMILES string of the molecule is CCC(Oc1cccc(C)c1)C(=O)NC1CC(C)(C)Oc2cc(OC)ccc21. The maximum atomic E-state index is 13.0. The van der Waals surface area contributed by atoms with E-state index in [1.807, 2.05) is 70.2 Å². The van der Waals surface area contributed by atoms with Crippen molar-refractivity contribution in [3.8, 4) is 17.2 Å².